The zero-order chi connectivity index (χ0) is 8.77. The second kappa shape index (κ2) is 2.19. The van der Waals surface area contributed by atoms with Crippen LogP contribution in [0.15, 0.2) is 0 Å². The van der Waals surface area contributed by atoms with E-state index in [4.69, 9.17) is 5.26 Å². The lowest BCUT2D eigenvalue weighted by Crippen LogP contribution is -2.41. The molecular formula is C8H10N2O2. The summed E-state index contributed by atoms with van der Waals surface area (Å²) in [7, 11) is 0. The average molecular weight is 166 g/mol. The number of nitrogens with zero attached hydrogens (tertiary/aromatic N) is 2. The molecule has 64 valence electrons. The Hall–Kier alpha value is -1.11. The summed E-state index contributed by atoms with van der Waals surface area (Å²) >= 11 is 0. The predicted molar refractivity (Wildman–Crippen MR) is 40.8 cm³/mol. The van der Waals surface area contributed by atoms with Gasteiger partial charge in [-0.25, -0.2) is 0 Å². The molecule has 3 atom stereocenters. The van der Waals surface area contributed by atoms with Crippen molar-refractivity contribution in [3.63, 3.8) is 0 Å². The average Bonchev–Trinajstić information content (AvgIpc) is 2.62. The van der Waals surface area contributed by atoms with Crippen LogP contribution in [0.5, 0.6) is 0 Å². The maximum absolute atomic E-state index is 10.7. The molecule has 2 bridgehead atoms. The molecule has 0 saturated heterocycles. The van der Waals surface area contributed by atoms with Crippen molar-refractivity contribution >= 4 is 0 Å². The minimum Gasteiger partial charge on any atom is -0.263 e. The van der Waals surface area contributed by atoms with Crippen molar-refractivity contribution in [2.45, 2.75) is 31.2 Å². The molecule has 2 fully saturated rings. The van der Waals surface area contributed by atoms with Gasteiger partial charge in [0.2, 0.25) is 0 Å². The molecule has 0 heterocycles. The first-order chi connectivity index (χ1) is 5.69. The first-order valence-corrected chi connectivity index (χ1v) is 4.25. The van der Waals surface area contributed by atoms with Crippen molar-refractivity contribution in [3.05, 3.63) is 10.1 Å². The fraction of sp³-hybridized carbons (Fsp3) is 0.875. The third kappa shape index (κ3) is 0.711. The van der Waals surface area contributed by atoms with E-state index in [9.17, 15) is 10.1 Å². The van der Waals surface area contributed by atoms with Crippen molar-refractivity contribution in [2.24, 2.45) is 11.8 Å². The van der Waals surface area contributed by atoms with Crippen LogP contribution in [0.3, 0.4) is 0 Å². The SMILES string of the molecule is N#C[C@]1([N+](=O)[O-])C[C@H]2CC[C@@H]1C2. The summed E-state index contributed by atoms with van der Waals surface area (Å²) < 4.78 is 0. The number of hydrogen-bond donors (Lipinski definition) is 0. The molecule has 4 nitrogen and oxygen atoms in total. The summed E-state index contributed by atoms with van der Waals surface area (Å²) in [6.45, 7) is 0. The highest BCUT2D eigenvalue weighted by atomic mass is 16.6. The normalized spacial score (nSPS) is 44.2. The molecule has 0 aliphatic heterocycles. The Kier molecular flexibility index (Phi) is 1.38. The first-order valence-electron chi connectivity index (χ1n) is 4.25. The van der Waals surface area contributed by atoms with Gasteiger partial charge in [0.25, 0.3) is 0 Å². The molecule has 0 N–H and O–H groups in total. The minimum atomic E-state index is -1.22. The summed E-state index contributed by atoms with van der Waals surface area (Å²) in [6.07, 6.45) is 3.34. The molecule has 0 aromatic carbocycles. The quantitative estimate of drug-likeness (QED) is 0.436. The monoisotopic (exact) mass is 166 g/mol. The third-order valence-corrected chi connectivity index (χ3v) is 3.34. The van der Waals surface area contributed by atoms with Crippen LogP contribution in [0.4, 0.5) is 0 Å². The van der Waals surface area contributed by atoms with Gasteiger partial charge < -0.3 is 0 Å². The first kappa shape index (κ1) is 7.53. The van der Waals surface area contributed by atoms with E-state index in [0.29, 0.717) is 12.3 Å². The molecular weight excluding hydrogens is 156 g/mol. The van der Waals surface area contributed by atoms with Gasteiger partial charge in [-0.3, -0.25) is 10.1 Å². The maximum Gasteiger partial charge on any atom is 0.308 e. The minimum absolute atomic E-state index is 0.0301. The van der Waals surface area contributed by atoms with Crippen molar-refractivity contribution in [2.75, 3.05) is 0 Å². The lowest BCUT2D eigenvalue weighted by atomic mass is 9.83. The number of rotatable bonds is 1. The second-order valence-electron chi connectivity index (χ2n) is 3.87. The zero-order valence-corrected chi connectivity index (χ0v) is 6.69. The van der Waals surface area contributed by atoms with Gasteiger partial charge in [-0.05, 0) is 25.2 Å². The van der Waals surface area contributed by atoms with E-state index >= 15 is 0 Å². The molecule has 0 amide bonds. The number of hydrogen-bond acceptors (Lipinski definition) is 3. The standard InChI is InChI=1S/C8H10N2O2/c9-5-8(10(11)12)4-6-1-2-7(8)3-6/h6-7H,1-4H2/t6-,7+,8+/m0/s1. The van der Waals surface area contributed by atoms with Crippen LogP contribution in [0.25, 0.3) is 0 Å². The van der Waals surface area contributed by atoms with Crippen molar-refractivity contribution in [3.8, 4) is 6.07 Å². The third-order valence-electron chi connectivity index (χ3n) is 3.34. The van der Waals surface area contributed by atoms with Crippen molar-refractivity contribution < 1.29 is 4.92 Å². The molecule has 2 aliphatic carbocycles. The fourth-order valence-electron chi connectivity index (χ4n) is 2.70. The van der Waals surface area contributed by atoms with E-state index in [-0.39, 0.29) is 10.8 Å². The predicted octanol–water partition coefficient (Wildman–Crippen LogP) is 1.35. The van der Waals surface area contributed by atoms with Crippen LogP contribution in [0.2, 0.25) is 0 Å². The summed E-state index contributed by atoms with van der Waals surface area (Å²) in [5, 5.41) is 19.5. The van der Waals surface area contributed by atoms with Gasteiger partial charge in [-0.1, -0.05) is 0 Å². The van der Waals surface area contributed by atoms with Gasteiger partial charge in [0.1, 0.15) is 6.07 Å². The molecule has 0 spiro atoms. The fourth-order valence-corrected chi connectivity index (χ4v) is 2.70. The van der Waals surface area contributed by atoms with Gasteiger partial charge >= 0.3 is 5.54 Å². The Morgan fingerprint density at radius 1 is 1.58 bits per heavy atom. The maximum atomic E-state index is 10.7. The summed E-state index contributed by atoms with van der Waals surface area (Å²) in [5.74, 6) is 0.475. The summed E-state index contributed by atoms with van der Waals surface area (Å²) in [4.78, 5) is 10.4. The molecule has 2 aliphatic rings. The van der Waals surface area contributed by atoms with Gasteiger partial charge in [0.15, 0.2) is 0 Å². The number of nitriles is 1. The second-order valence-corrected chi connectivity index (χ2v) is 3.87. The van der Waals surface area contributed by atoms with E-state index in [1.165, 1.54) is 0 Å². The van der Waals surface area contributed by atoms with Crippen LogP contribution in [0.1, 0.15) is 25.7 Å². The van der Waals surface area contributed by atoms with Crippen molar-refractivity contribution in [1.29, 1.82) is 5.26 Å². The molecule has 4 heteroatoms. The van der Waals surface area contributed by atoms with Gasteiger partial charge in [0.05, 0.1) is 0 Å². The highest BCUT2D eigenvalue weighted by Gasteiger charge is 2.60. The summed E-state index contributed by atoms with van der Waals surface area (Å²) in [6, 6.07) is 1.91. The van der Waals surface area contributed by atoms with Crippen LogP contribution in [-0.2, 0) is 0 Å². The zero-order valence-electron chi connectivity index (χ0n) is 6.69. The van der Waals surface area contributed by atoms with E-state index in [0.717, 1.165) is 19.3 Å². The lowest BCUT2D eigenvalue weighted by molar-refractivity contribution is -0.561. The Balaban J connectivity index is 2.33. The molecule has 2 saturated carbocycles. The molecule has 0 aromatic rings. The van der Waals surface area contributed by atoms with Gasteiger partial charge in [0, 0.05) is 17.3 Å². The Morgan fingerprint density at radius 2 is 2.33 bits per heavy atom. The molecule has 0 radical (unpaired) electrons. The highest BCUT2D eigenvalue weighted by Crippen LogP contribution is 2.51. The molecule has 12 heavy (non-hydrogen) atoms. The van der Waals surface area contributed by atoms with E-state index < -0.39 is 5.54 Å². The van der Waals surface area contributed by atoms with Crippen molar-refractivity contribution in [1.82, 2.24) is 0 Å². The lowest BCUT2D eigenvalue weighted by Gasteiger charge is -2.21. The Labute approximate surface area is 70.3 Å². The van der Waals surface area contributed by atoms with E-state index in [1.807, 2.05) is 6.07 Å². The van der Waals surface area contributed by atoms with Crippen LogP contribution < -0.4 is 0 Å². The molecule has 2 rings (SSSR count). The number of nitro groups is 1. The Morgan fingerprint density at radius 3 is 2.58 bits per heavy atom. The van der Waals surface area contributed by atoms with Gasteiger partial charge in [-0.15, -0.1) is 0 Å². The molecule has 0 unspecified atom stereocenters. The van der Waals surface area contributed by atoms with Crippen LogP contribution >= 0.6 is 0 Å². The van der Waals surface area contributed by atoms with Crippen LogP contribution in [-0.4, -0.2) is 10.5 Å². The Bertz CT molecular complexity index is 271. The number of fused-ring (bicyclic) bond motifs is 2. The highest BCUT2D eigenvalue weighted by molar-refractivity contribution is 5.13. The van der Waals surface area contributed by atoms with E-state index in [2.05, 4.69) is 0 Å². The summed E-state index contributed by atoms with van der Waals surface area (Å²) in [5.41, 5.74) is -1.22. The largest absolute Gasteiger partial charge is 0.308 e. The van der Waals surface area contributed by atoms with Crippen LogP contribution in [0, 0.1) is 33.3 Å². The topological polar surface area (TPSA) is 66.9 Å². The van der Waals surface area contributed by atoms with E-state index in [1.54, 1.807) is 0 Å². The van der Waals surface area contributed by atoms with Gasteiger partial charge in [-0.2, -0.15) is 5.26 Å². The molecule has 0 aromatic heterocycles. The smallest absolute Gasteiger partial charge is 0.263 e.